The molecule has 1 atom stereocenters. The SMILES string of the molecule is CNC(=O)[C@@H](NC(=O)c1ccc(-c2ccc(NS(C)(=O)=O)cc2)o1)C1CCCCC1. The lowest BCUT2D eigenvalue weighted by atomic mass is 9.83. The predicted molar refractivity (Wildman–Crippen MR) is 115 cm³/mol. The average Bonchev–Trinajstić information content (AvgIpc) is 3.22. The molecule has 1 aliphatic carbocycles. The molecular formula is C21H27N3O5S. The minimum atomic E-state index is -3.35. The maximum atomic E-state index is 12.7. The van der Waals surface area contributed by atoms with E-state index in [0.717, 1.165) is 38.4 Å². The van der Waals surface area contributed by atoms with E-state index in [2.05, 4.69) is 15.4 Å². The first-order valence-corrected chi connectivity index (χ1v) is 11.9. The monoisotopic (exact) mass is 433 g/mol. The first-order valence-electron chi connectivity index (χ1n) is 9.97. The Hall–Kier alpha value is -2.81. The van der Waals surface area contributed by atoms with Crippen molar-refractivity contribution >= 4 is 27.5 Å². The third-order valence-electron chi connectivity index (χ3n) is 5.24. The smallest absolute Gasteiger partial charge is 0.287 e. The van der Waals surface area contributed by atoms with Crippen LogP contribution in [0.4, 0.5) is 5.69 Å². The van der Waals surface area contributed by atoms with Gasteiger partial charge in [-0.2, -0.15) is 0 Å². The van der Waals surface area contributed by atoms with E-state index in [1.807, 2.05) is 0 Å². The number of hydrogen-bond donors (Lipinski definition) is 3. The van der Waals surface area contributed by atoms with Crippen molar-refractivity contribution in [2.45, 2.75) is 38.1 Å². The van der Waals surface area contributed by atoms with Gasteiger partial charge in [0.05, 0.1) is 6.26 Å². The number of carbonyl (C=O) groups is 2. The highest BCUT2D eigenvalue weighted by molar-refractivity contribution is 7.92. The van der Waals surface area contributed by atoms with Gasteiger partial charge in [-0.25, -0.2) is 8.42 Å². The van der Waals surface area contributed by atoms with Gasteiger partial charge in [0.2, 0.25) is 15.9 Å². The van der Waals surface area contributed by atoms with Crippen molar-refractivity contribution in [2.75, 3.05) is 18.0 Å². The van der Waals surface area contributed by atoms with E-state index in [9.17, 15) is 18.0 Å². The van der Waals surface area contributed by atoms with Gasteiger partial charge in [-0.1, -0.05) is 19.3 Å². The molecule has 1 fully saturated rings. The Morgan fingerprint density at radius 1 is 1.03 bits per heavy atom. The number of anilines is 1. The number of amides is 2. The van der Waals surface area contributed by atoms with Crippen molar-refractivity contribution < 1.29 is 22.4 Å². The minimum absolute atomic E-state index is 0.118. The Morgan fingerprint density at radius 3 is 2.30 bits per heavy atom. The van der Waals surface area contributed by atoms with Crippen LogP contribution in [0.2, 0.25) is 0 Å². The molecule has 162 valence electrons. The number of furan rings is 1. The lowest BCUT2D eigenvalue weighted by Crippen LogP contribution is -2.50. The van der Waals surface area contributed by atoms with Gasteiger partial charge in [-0.3, -0.25) is 14.3 Å². The molecule has 0 radical (unpaired) electrons. The van der Waals surface area contributed by atoms with Crippen LogP contribution in [0.1, 0.15) is 42.7 Å². The van der Waals surface area contributed by atoms with Gasteiger partial charge in [0.1, 0.15) is 11.8 Å². The number of hydrogen-bond acceptors (Lipinski definition) is 5. The summed E-state index contributed by atoms with van der Waals surface area (Å²) in [5, 5.41) is 5.47. The Morgan fingerprint density at radius 2 is 1.70 bits per heavy atom. The molecule has 0 bridgehead atoms. The molecule has 2 aromatic rings. The van der Waals surface area contributed by atoms with E-state index in [0.29, 0.717) is 17.0 Å². The van der Waals surface area contributed by atoms with Crippen molar-refractivity contribution in [1.29, 1.82) is 0 Å². The van der Waals surface area contributed by atoms with Gasteiger partial charge in [-0.05, 0) is 55.2 Å². The number of benzene rings is 1. The summed E-state index contributed by atoms with van der Waals surface area (Å²) >= 11 is 0. The molecule has 0 aliphatic heterocycles. The van der Waals surface area contributed by atoms with E-state index in [1.54, 1.807) is 43.4 Å². The van der Waals surface area contributed by atoms with Crippen LogP contribution >= 0.6 is 0 Å². The van der Waals surface area contributed by atoms with Crippen molar-refractivity contribution in [2.24, 2.45) is 5.92 Å². The highest BCUT2D eigenvalue weighted by atomic mass is 32.2. The highest BCUT2D eigenvalue weighted by Gasteiger charge is 2.31. The van der Waals surface area contributed by atoms with Crippen LogP contribution in [0.15, 0.2) is 40.8 Å². The summed E-state index contributed by atoms with van der Waals surface area (Å²) in [6.07, 6.45) is 6.18. The second-order valence-corrected chi connectivity index (χ2v) is 9.33. The maximum Gasteiger partial charge on any atom is 0.287 e. The van der Waals surface area contributed by atoms with E-state index in [1.165, 1.54) is 0 Å². The fourth-order valence-electron chi connectivity index (χ4n) is 3.76. The Bertz CT molecular complexity index is 992. The predicted octanol–water partition coefficient (Wildman–Crippen LogP) is 2.74. The molecule has 0 spiro atoms. The average molecular weight is 434 g/mol. The minimum Gasteiger partial charge on any atom is -0.451 e. The number of sulfonamides is 1. The van der Waals surface area contributed by atoms with E-state index < -0.39 is 22.0 Å². The summed E-state index contributed by atoms with van der Waals surface area (Å²) in [6.45, 7) is 0. The summed E-state index contributed by atoms with van der Waals surface area (Å²) in [5.41, 5.74) is 1.13. The van der Waals surface area contributed by atoms with Gasteiger partial charge >= 0.3 is 0 Å². The lowest BCUT2D eigenvalue weighted by molar-refractivity contribution is -0.124. The molecule has 1 aliphatic rings. The number of rotatable bonds is 7. The molecule has 1 aromatic heterocycles. The number of nitrogens with one attached hydrogen (secondary N) is 3. The fraction of sp³-hybridized carbons (Fsp3) is 0.429. The zero-order valence-corrected chi connectivity index (χ0v) is 17.9. The van der Waals surface area contributed by atoms with Crippen molar-refractivity contribution in [3.05, 3.63) is 42.2 Å². The van der Waals surface area contributed by atoms with E-state index in [4.69, 9.17) is 4.42 Å². The fourth-order valence-corrected chi connectivity index (χ4v) is 4.33. The zero-order chi connectivity index (χ0) is 21.7. The van der Waals surface area contributed by atoms with Crippen LogP contribution in [0, 0.1) is 5.92 Å². The molecule has 8 nitrogen and oxygen atoms in total. The van der Waals surface area contributed by atoms with Gasteiger partial charge in [0.25, 0.3) is 5.91 Å². The first kappa shape index (κ1) is 21.9. The number of likely N-dealkylation sites (N-methyl/N-ethyl adjacent to an activating group) is 1. The Kier molecular flexibility index (Phi) is 6.81. The summed E-state index contributed by atoms with van der Waals surface area (Å²) < 4.78 is 30.7. The van der Waals surface area contributed by atoms with Crippen LogP contribution in [-0.2, 0) is 14.8 Å². The third kappa shape index (κ3) is 5.63. The standard InChI is InChI=1S/C21H27N3O5S/c1-22-21(26)19(15-6-4-3-5-7-15)23-20(25)18-13-12-17(29-18)14-8-10-16(11-9-14)24-30(2,27)28/h8-13,15,19,24H,3-7H2,1-2H3,(H,22,26)(H,23,25)/t19-/m0/s1. The third-order valence-corrected chi connectivity index (χ3v) is 5.85. The van der Waals surface area contributed by atoms with Crippen molar-refractivity contribution in [3.8, 4) is 11.3 Å². The van der Waals surface area contributed by atoms with Crippen LogP contribution < -0.4 is 15.4 Å². The zero-order valence-electron chi connectivity index (χ0n) is 17.1. The Labute approximate surface area is 176 Å². The molecular weight excluding hydrogens is 406 g/mol. The van der Waals surface area contributed by atoms with Gasteiger partial charge in [0, 0.05) is 18.3 Å². The molecule has 2 amide bonds. The molecule has 3 N–H and O–H groups in total. The van der Waals surface area contributed by atoms with E-state index >= 15 is 0 Å². The van der Waals surface area contributed by atoms with Gasteiger partial charge in [0.15, 0.2) is 5.76 Å². The molecule has 0 saturated heterocycles. The molecule has 9 heteroatoms. The molecule has 1 heterocycles. The lowest BCUT2D eigenvalue weighted by Gasteiger charge is -2.29. The van der Waals surface area contributed by atoms with Crippen LogP contribution in [0.3, 0.4) is 0 Å². The molecule has 0 unspecified atom stereocenters. The molecule has 3 rings (SSSR count). The second-order valence-electron chi connectivity index (χ2n) is 7.58. The highest BCUT2D eigenvalue weighted by Crippen LogP contribution is 2.28. The number of carbonyl (C=O) groups excluding carboxylic acids is 2. The van der Waals surface area contributed by atoms with Gasteiger partial charge in [-0.15, -0.1) is 0 Å². The first-order chi connectivity index (χ1) is 14.3. The summed E-state index contributed by atoms with van der Waals surface area (Å²) in [4.78, 5) is 25.0. The second kappa shape index (κ2) is 9.34. The molecule has 1 saturated carbocycles. The van der Waals surface area contributed by atoms with E-state index in [-0.39, 0.29) is 17.6 Å². The largest absolute Gasteiger partial charge is 0.451 e. The quantitative estimate of drug-likeness (QED) is 0.621. The molecule has 30 heavy (non-hydrogen) atoms. The maximum absolute atomic E-state index is 12.7. The Balaban J connectivity index is 1.71. The van der Waals surface area contributed by atoms with Crippen LogP contribution in [-0.4, -0.2) is 39.6 Å². The van der Waals surface area contributed by atoms with Gasteiger partial charge < -0.3 is 15.1 Å². The van der Waals surface area contributed by atoms with Crippen molar-refractivity contribution in [3.63, 3.8) is 0 Å². The normalized spacial score (nSPS) is 15.9. The summed E-state index contributed by atoms with van der Waals surface area (Å²) in [7, 11) is -1.78. The van der Waals surface area contributed by atoms with Crippen LogP contribution in [0.25, 0.3) is 11.3 Å². The van der Waals surface area contributed by atoms with Crippen LogP contribution in [0.5, 0.6) is 0 Å². The summed E-state index contributed by atoms with van der Waals surface area (Å²) in [5.74, 6) is 0.0759. The summed E-state index contributed by atoms with van der Waals surface area (Å²) in [6, 6.07) is 9.27. The molecule has 1 aromatic carbocycles. The topological polar surface area (TPSA) is 118 Å². The van der Waals surface area contributed by atoms with Crippen molar-refractivity contribution in [1.82, 2.24) is 10.6 Å².